The molecule has 2 rings (SSSR count). The highest BCUT2D eigenvalue weighted by Crippen LogP contribution is 2.23. The number of carbonyl (C=O) groups is 1. The molecule has 19 heavy (non-hydrogen) atoms. The molecule has 1 aliphatic rings. The number of hydrogen-bond acceptors (Lipinski definition) is 4. The Kier molecular flexibility index (Phi) is 4.10. The fourth-order valence-electron chi connectivity index (χ4n) is 1.76. The van der Waals surface area contributed by atoms with E-state index >= 15 is 0 Å². The maximum Gasteiger partial charge on any atom is 0.337 e. The van der Waals surface area contributed by atoms with Gasteiger partial charge in [0.2, 0.25) is 10.0 Å². The topological polar surface area (TPSA) is 83.9 Å². The smallest absolute Gasteiger partial charge is 0.337 e. The first-order valence-electron chi connectivity index (χ1n) is 5.53. The van der Waals surface area contributed by atoms with Crippen LogP contribution in [-0.2, 0) is 14.8 Å². The van der Waals surface area contributed by atoms with E-state index in [2.05, 4.69) is 0 Å². The molecule has 0 atom stereocenters. The van der Waals surface area contributed by atoms with Crippen molar-refractivity contribution >= 4 is 27.6 Å². The summed E-state index contributed by atoms with van der Waals surface area (Å²) >= 11 is 5.72. The normalized spacial score (nSPS) is 17.3. The van der Waals surface area contributed by atoms with Crippen molar-refractivity contribution in [3.63, 3.8) is 0 Å². The average Bonchev–Trinajstić information content (AvgIpc) is 2.39. The van der Waals surface area contributed by atoms with Gasteiger partial charge in [-0.1, -0.05) is 11.6 Å². The number of rotatable bonds is 3. The van der Waals surface area contributed by atoms with E-state index in [0.717, 1.165) is 6.07 Å². The van der Waals surface area contributed by atoms with Crippen LogP contribution in [0.2, 0.25) is 5.02 Å². The third kappa shape index (κ3) is 2.89. The zero-order valence-corrected chi connectivity index (χ0v) is 11.4. The van der Waals surface area contributed by atoms with Crippen LogP contribution in [0.1, 0.15) is 10.4 Å². The highest BCUT2D eigenvalue weighted by atomic mass is 35.5. The predicted octanol–water partition coefficient (Wildman–Crippen LogP) is 1.06. The summed E-state index contributed by atoms with van der Waals surface area (Å²) in [4.78, 5) is 10.9. The predicted molar refractivity (Wildman–Crippen MR) is 68.0 cm³/mol. The average molecular weight is 306 g/mol. The van der Waals surface area contributed by atoms with E-state index < -0.39 is 16.0 Å². The Morgan fingerprint density at radius 3 is 2.53 bits per heavy atom. The van der Waals surface area contributed by atoms with Crippen LogP contribution in [0.15, 0.2) is 23.1 Å². The molecule has 0 bridgehead atoms. The quantitative estimate of drug-likeness (QED) is 0.902. The molecule has 0 amide bonds. The zero-order chi connectivity index (χ0) is 14.0. The van der Waals surface area contributed by atoms with Gasteiger partial charge in [0.15, 0.2) is 0 Å². The first-order valence-corrected chi connectivity index (χ1v) is 7.35. The van der Waals surface area contributed by atoms with Crippen molar-refractivity contribution in [2.75, 3.05) is 26.3 Å². The molecular formula is C11H12ClNO5S. The van der Waals surface area contributed by atoms with Crippen LogP contribution in [-0.4, -0.2) is 50.1 Å². The molecule has 1 saturated heterocycles. The number of carboxylic acid groups (broad SMARTS) is 1. The highest BCUT2D eigenvalue weighted by molar-refractivity contribution is 7.89. The molecule has 0 spiro atoms. The fourth-order valence-corrected chi connectivity index (χ4v) is 3.40. The molecule has 1 aromatic rings. The van der Waals surface area contributed by atoms with Crippen molar-refractivity contribution in [1.29, 1.82) is 0 Å². The molecule has 0 aromatic heterocycles. The number of aromatic carboxylic acids is 1. The molecule has 1 N–H and O–H groups in total. The van der Waals surface area contributed by atoms with Crippen LogP contribution < -0.4 is 0 Å². The summed E-state index contributed by atoms with van der Waals surface area (Å²) in [5.74, 6) is -1.26. The molecule has 8 heteroatoms. The SMILES string of the molecule is O=C(O)c1cc(S(=O)(=O)N2CCOCC2)ccc1Cl. The van der Waals surface area contributed by atoms with Gasteiger partial charge in [-0.2, -0.15) is 4.31 Å². The van der Waals surface area contributed by atoms with Crippen molar-refractivity contribution in [2.24, 2.45) is 0 Å². The number of carboxylic acids is 1. The largest absolute Gasteiger partial charge is 0.478 e. The Morgan fingerprint density at radius 1 is 1.32 bits per heavy atom. The van der Waals surface area contributed by atoms with Crippen molar-refractivity contribution in [3.05, 3.63) is 28.8 Å². The van der Waals surface area contributed by atoms with E-state index in [0.29, 0.717) is 13.2 Å². The van der Waals surface area contributed by atoms with Gasteiger partial charge < -0.3 is 9.84 Å². The standard InChI is InChI=1S/C11H12ClNO5S/c12-10-2-1-8(7-9(10)11(14)15)19(16,17)13-3-5-18-6-4-13/h1-2,7H,3-6H2,(H,14,15). The monoisotopic (exact) mass is 305 g/mol. The fraction of sp³-hybridized carbons (Fsp3) is 0.364. The van der Waals surface area contributed by atoms with Gasteiger partial charge in [0, 0.05) is 13.1 Å². The Labute approximate surface area is 115 Å². The van der Waals surface area contributed by atoms with Crippen molar-refractivity contribution in [2.45, 2.75) is 4.90 Å². The molecule has 1 fully saturated rings. The van der Waals surface area contributed by atoms with Crippen LogP contribution in [0.5, 0.6) is 0 Å². The maximum absolute atomic E-state index is 12.3. The second-order valence-corrected chi connectivity index (χ2v) is 6.31. The molecule has 0 aliphatic carbocycles. The summed E-state index contributed by atoms with van der Waals surface area (Å²) in [7, 11) is -3.70. The van der Waals surface area contributed by atoms with E-state index in [4.69, 9.17) is 21.4 Å². The number of morpholine rings is 1. The first-order chi connectivity index (χ1) is 8.93. The number of benzene rings is 1. The van der Waals surface area contributed by atoms with Gasteiger partial charge in [0.1, 0.15) is 0 Å². The molecule has 0 radical (unpaired) electrons. The van der Waals surface area contributed by atoms with Crippen molar-refractivity contribution in [1.82, 2.24) is 4.31 Å². The number of sulfonamides is 1. The second-order valence-electron chi connectivity index (χ2n) is 3.96. The Balaban J connectivity index is 2.40. The summed E-state index contributed by atoms with van der Waals surface area (Å²) in [5.41, 5.74) is -0.226. The van der Waals surface area contributed by atoms with Crippen LogP contribution in [0.25, 0.3) is 0 Å². The van der Waals surface area contributed by atoms with Crippen LogP contribution in [0.4, 0.5) is 0 Å². The highest BCUT2D eigenvalue weighted by Gasteiger charge is 2.27. The van der Waals surface area contributed by atoms with E-state index in [1.807, 2.05) is 0 Å². The summed E-state index contributed by atoms with van der Waals surface area (Å²) < 4.78 is 31.0. The lowest BCUT2D eigenvalue weighted by Gasteiger charge is -2.26. The van der Waals surface area contributed by atoms with E-state index in [9.17, 15) is 13.2 Å². The van der Waals surface area contributed by atoms with E-state index in [1.54, 1.807) is 0 Å². The van der Waals surface area contributed by atoms with Crippen LogP contribution in [0.3, 0.4) is 0 Å². The van der Waals surface area contributed by atoms with Gasteiger partial charge in [-0.05, 0) is 18.2 Å². The maximum atomic E-state index is 12.3. The Bertz CT molecular complexity index is 595. The van der Waals surface area contributed by atoms with Crippen molar-refractivity contribution < 1.29 is 23.1 Å². The molecule has 0 unspecified atom stereocenters. The lowest BCUT2D eigenvalue weighted by atomic mass is 10.2. The molecule has 1 aliphatic heterocycles. The molecule has 104 valence electrons. The van der Waals surface area contributed by atoms with Gasteiger partial charge in [-0.15, -0.1) is 0 Å². The lowest BCUT2D eigenvalue weighted by molar-refractivity contribution is 0.0696. The Morgan fingerprint density at radius 2 is 1.95 bits per heavy atom. The molecule has 0 saturated carbocycles. The summed E-state index contributed by atoms with van der Waals surface area (Å²) in [6.07, 6.45) is 0. The Hall–Kier alpha value is -1.15. The summed E-state index contributed by atoms with van der Waals surface area (Å²) in [6, 6.07) is 3.66. The zero-order valence-electron chi connectivity index (χ0n) is 9.87. The minimum atomic E-state index is -3.70. The van der Waals surface area contributed by atoms with Crippen LogP contribution in [0, 0.1) is 0 Å². The molecule has 1 heterocycles. The summed E-state index contributed by atoms with van der Waals surface area (Å²) in [5, 5.41) is 8.96. The van der Waals surface area contributed by atoms with Gasteiger partial charge in [0.05, 0.1) is 28.7 Å². The van der Waals surface area contributed by atoms with Gasteiger partial charge >= 0.3 is 5.97 Å². The number of halogens is 1. The number of nitrogens with zero attached hydrogens (tertiary/aromatic N) is 1. The first kappa shape index (κ1) is 14.3. The third-order valence-corrected chi connectivity index (χ3v) is 5.00. The number of hydrogen-bond donors (Lipinski definition) is 1. The third-order valence-electron chi connectivity index (χ3n) is 2.78. The second kappa shape index (κ2) is 5.46. The van der Waals surface area contributed by atoms with Crippen LogP contribution >= 0.6 is 11.6 Å². The molecule has 1 aromatic carbocycles. The van der Waals surface area contributed by atoms with E-state index in [-0.39, 0.29) is 28.6 Å². The molecule has 6 nitrogen and oxygen atoms in total. The van der Waals surface area contributed by atoms with Gasteiger partial charge in [0.25, 0.3) is 0 Å². The molecular weight excluding hydrogens is 294 g/mol. The van der Waals surface area contributed by atoms with Gasteiger partial charge in [-0.25, -0.2) is 13.2 Å². The summed E-state index contributed by atoms with van der Waals surface area (Å²) in [6.45, 7) is 1.18. The minimum Gasteiger partial charge on any atom is -0.478 e. The van der Waals surface area contributed by atoms with Crippen molar-refractivity contribution in [3.8, 4) is 0 Å². The van der Waals surface area contributed by atoms with Gasteiger partial charge in [-0.3, -0.25) is 0 Å². The lowest BCUT2D eigenvalue weighted by Crippen LogP contribution is -2.40. The van der Waals surface area contributed by atoms with E-state index in [1.165, 1.54) is 16.4 Å². The number of ether oxygens (including phenoxy) is 1. The minimum absolute atomic E-state index is 0.00780.